The number of fused-ring (bicyclic) bond motifs is 2. The van der Waals surface area contributed by atoms with Crippen LogP contribution in [0.15, 0.2) is 29.3 Å². The summed E-state index contributed by atoms with van der Waals surface area (Å²) in [7, 11) is 3.77. The number of aromatic nitrogens is 4. The highest BCUT2D eigenvalue weighted by Gasteiger charge is 2.32. The predicted octanol–water partition coefficient (Wildman–Crippen LogP) is 4.34. The van der Waals surface area contributed by atoms with Gasteiger partial charge in [-0.15, -0.1) is 0 Å². The number of rotatable bonds is 7. The molecule has 1 aliphatic heterocycles. The first-order chi connectivity index (χ1) is 16.8. The van der Waals surface area contributed by atoms with Crippen molar-refractivity contribution in [1.29, 1.82) is 0 Å². The summed E-state index contributed by atoms with van der Waals surface area (Å²) < 4.78 is 28.5. The summed E-state index contributed by atoms with van der Waals surface area (Å²) in [4.78, 5) is 12.3. The zero-order chi connectivity index (χ0) is 24.7. The van der Waals surface area contributed by atoms with E-state index in [1.54, 1.807) is 6.08 Å². The number of aromatic amines is 2. The molecule has 2 aromatic rings. The van der Waals surface area contributed by atoms with Crippen molar-refractivity contribution in [2.24, 2.45) is 11.8 Å². The Balaban J connectivity index is 1.30. The Bertz CT molecular complexity index is 1180. The van der Waals surface area contributed by atoms with Gasteiger partial charge in [0.2, 0.25) is 0 Å². The fourth-order valence-corrected chi connectivity index (χ4v) is 5.63. The average Bonchev–Trinajstić information content (AvgIpc) is 3.43. The number of nitrogens with one attached hydrogen (secondary N) is 2. The number of hydrogen-bond donors (Lipinski definition) is 3. The lowest BCUT2D eigenvalue weighted by Crippen LogP contribution is -2.38. The minimum Gasteiger partial charge on any atom is -0.505 e. The number of imidazole rings is 1. The third kappa shape index (κ3) is 4.84. The van der Waals surface area contributed by atoms with E-state index in [1.165, 1.54) is 0 Å². The Hall–Kier alpha value is -2.78. The van der Waals surface area contributed by atoms with Gasteiger partial charge in [-0.25, -0.2) is 13.8 Å². The molecular weight excluding hydrogens is 450 g/mol. The molecule has 0 saturated carbocycles. The molecular formula is C26H34F2N6O. The third-order valence-electron chi connectivity index (χ3n) is 7.39. The molecule has 0 amide bonds. The molecule has 0 spiro atoms. The summed E-state index contributed by atoms with van der Waals surface area (Å²) in [6.45, 7) is 4.32. The van der Waals surface area contributed by atoms with E-state index in [0.29, 0.717) is 19.6 Å². The lowest BCUT2D eigenvalue weighted by Gasteiger charge is -2.30. The number of aliphatic hydroxyl groups is 1. The summed E-state index contributed by atoms with van der Waals surface area (Å²) in [5.41, 5.74) is 5.93. The van der Waals surface area contributed by atoms with Gasteiger partial charge in [0.25, 0.3) is 0 Å². The first-order valence-electron chi connectivity index (χ1n) is 12.4. The van der Waals surface area contributed by atoms with Gasteiger partial charge >= 0.3 is 0 Å². The molecule has 2 aliphatic carbocycles. The lowest BCUT2D eigenvalue weighted by atomic mass is 9.75. The van der Waals surface area contributed by atoms with Gasteiger partial charge in [0.1, 0.15) is 23.5 Å². The van der Waals surface area contributed by atoms with Crippen LogP contribution in [0.5, 0.6) is 0 Å². The van der Waals surface area contributed by atoms with E-state index in [4.69, 9.17) is 4.98 Å². The molecule has 3 N–H and O–H groups in total. The maximum absolute atomic E-state index is 14.3. The summed E-state index contributed by atoms with van der Waals surface area (Å²) >= 11 is 0. The molecule has 3 heterocycles. The molecule has 0 fully saturated rings. The van der Waals surface area contributed by atoms with Gasteiger partial charge in [0.15, 0.2) is 5.82 Å². The van der Waals surface area contributed by atoms with Gasteiger partial charge in [-0.2, -0.15) is 5.10 Å². The van der Waals surface area contributed by atoms with E-state index in [9.17, 15) is 13.9 Å². The van der Waals surface area contributed by atoms with Crippen LogP contribution in [0.4, 0.5) is 8.78 Å². The fourth-order valence-electron chi connectivity index (χ4n) is 5.63. The Labute approximate surface area is 204 Å². The fraction of sp³-hybridized carbons (Fsp3) is 0.538. The Morgan fingerprint density at radius 2 is 2.11 bits per heavy atom. The molecule has 3 unspecified atom stereocenters. The number of aliphatic hydroxyl groups excluding tert-OH is 1. The number of allylic oxidation sites excluding steroid dienone is 4. The minimum absolute atomic E-state index is 0.0285. The number of halogens is 2. The van der Waals surface area contributed by atoms with Crippen LogP contribution >= 0.6 is 0 Å². The molecule has 5 rings (SSSR count). The molecule has 3 atom stereocenters. The molecule has 0 bridgehead atoms. The first-order valence-corrected chi connectivity index (χ1v) is 12.4. The van der Waals surface area contributed by atoms with Gasteiger partial charge in [-0.3, -0.25) is 10.00 Å². The Morgan fingerprint density at radius 3 is 2.89 bits per heavy atom. The van der Waals surface area contributed by atoms with Crippen LogP contribution < -0.4 is 0 Å². The molecule has 2 aromatic heterocycles. The van der Waals surface area contributed by atoms with Crippen molar-refractivity contribution in [3.63, 3.8) is 0 Å². The standard InChI is InChI=1S/C26H34F2N6O/c1-4-15-10-24(35)20(28)11-19(15)16-5-6-18-22(9-16)31-32-25(18)26-29-21-7-8-34(14-23(21)30-26)13-17(27)12-33(2)3/h5-6,10,16-17,19,35H,4,7-9,11-14H2,1-3H3,(H,29,30)(H,31,32). The molecule has 35 heavy (non-hydrogen) atoms. The molecule has 7 nitrogen and oxygen atoms in total. The second kappa shape index (κ2) is 9.70. The van der Waals surface area contributed by atoms with Crippen molar-refractivity contribution in [1.82, 2.24) is 30.0 Å². The van der Waals surface area contributed by atoms with E-state index in [1.807, 2.05) is 25.9 Å². The van der Waals surface area contributed by atoms with E-state index >= 15 is 0 Å². The monoisotopic (exact) mass is 484 g/mol. The molecule has 0 radical (unpaired) electrons. The van der Waals surface area contributed by atoms with Crippen LogP contribution in [-0.4, -0.2) is 75.0 Å². The quantitative estimate of drug-likeness (QED) is 0.545. The third-order valence-corrected chi connectivity index (χ3v) is 7.39. The molecule has 0 aromatic carbocycles. The van der Waals surface area contributed by atoms with Crippen molar-refractivity contribution in [3.05, 3.63) is 52.0 Å². The van der Waals surface area contributed by atoms with Crippen molar-refractivity contribution in [2.45, 2.75) is 45.3 Å². The summed E-state index contributed by atoms with van der Waals surface area (Å²) in [5, 5.41) is 17.6. The number of nitrogens with zero attached hydrogens (tertiary/aromatic N) is 4. The minimum atomic E-state index is -0.884. The summed E-state index contributed by atoms with van der Waals surface area (Å²) in [6.07, 6.45) is 7.43. The smallest absolute Gasteiger partial charge is 0.159 e. The highest BCUT2D eigenvalue weighted by Crippen LogP contribution is 2.41. The van der Waals surface area contributed by atoms with Crippen LogP contribution in [0.1, 0.15) is 42.4 Å². The van der Waals surface area contributed by atoms with E-state index < -0.39 is 12.0 Å². The van der Waals surface area contributed by atoms with E-state index in [-0.39, 0.29) is 24.0 Å². The van der Waals surface area contributed by atoms with Gasteiger partial charge in [-0.1, -0.05) is 24.6 Å². The maximum Gasteiger partial charge on any atom is 0.159 e. The Kier molecular flexibility index (Phi) is 6.63. The summed E-state index contributed by atoms with van der Waals surface area (Å²) in [5.74, 6) is 0.222. The van der Waals surface area contributed by atoms with Gasteiger partial charge < -0.3 is 15.0 Å². The molecule has 9 heteroatoms. The van der Waals surface area contributed by atoms with E-state index in [0.717, 1.165) is 65.5 Å². The van der Waals surface area contributed by atoms with Crippen molar-refractivity contribution in [3.8, 4) is 11.5 Å². The second-order valence-electron chi connectivity index (χ2n) is 10.2. The largest absolute Gasteiger partial charge is 0.505 e. The van der Waals surface area contributed by atoms with Crippen molar-refractivity contribution in [2.75, 3.05) is 33.7 Å². The topological polar surface area (TPSA) is 84.1 Å². The second-order valence-corrected chi connectivity index (χ2v) is 10.2. The highest BCUT2D eigenvalue weighted by molar-refractivity contribution is 5.71. The lowest BCUT2D eigenvalue weighted by molar-refractivity contribution is 0.151. The van der Waals surface area contributed by atoms with E-state index in [2.05, 4.69) is 32.2 Å². The van der Waals surface area contributed by atoms with Crippen LogP contribution in [0.3, 0.4) is 0 Å². The Morgan fingerprint density at radius 1 is 1.29 bits per heavy atom. The number of alkyl halides is 1. The SMILES string of the molecule is CCC1=CC(O)=C(F)CC1C1C=Cc2c(-c3nc4c([nH]3)CN(CC(F)CN(C)C)CC4)n[nH]c2C1. The van der Waals surface area contributed by atoms with Gasteiger partial charge in [0, 0.05) is 50.3 Å². The molecule has 188 valence electrons. The maximum atomic E-state index is 14.3. The molecule has 0 saturated heterocycles. The summed E-state index contributed by atoms with van der Waals surface area (Å²) in [6, 6.07) is 0. The molecule has 3 aliphatic rings. The normalized spacial score (nSPS) is 23.4. The average molecular weight is 485 g/mol. The van der Waals surface area contributed by atoms with Crippen LogP contribution in [-0.2, 0) is 19.4 Å². The predicted molar refractivity (Wildman–Crippen MR) is 132 cm³/mol. The van der Waals surface area contributed by atoms with Crippen molar-refractivity contribution >= 4 is 6.08 Å². The number of hydrogen-bond acceptors (Lipinski definition) is 5. The van der Waals surface area contributed by atoms with Gasteiger partial charge in [0.05, 0.1) is 11.4 Å². The zero-order valence-corrected chi connectivity index (χ0v) is 20.6. The zero-order valence-electron chi connectivity index (χ0n) is 20.6. The highest BCUT2D eigenvalue weighted by atomic mass is 19.1. The number of H-pyrrole nitrogens is 2. The first kappa shape index (κ1) is 23.9. The van der Waals surface area contributed by atoms with Gasteiger partial charge in [-0.05, 0) is 44.8 Å². The van der Waals surface area contributed by atoms with Crippen LogP contribution in [0.25, 0.3) is 17.6 Å². The van der Waals surface area contributed by atoms with Crippen LogP contribution in [0, 0.1) is 11.8 Å². The van der Waals surface area contributed by atoms with Crippen LogP contribution in [0.2, 0.25) is 0 Å². The van der Waals surface area contributed by atoms with Crippen molar-refractivity contribution < 1.29 is 13.9 Å².